The maximum atomic E-state index is 13.5. The number of carbonyl (C=O) groups is 2. The summed E-state index contributed by atoms with van der Waals surface area (Å²) in [6.45, 7) is 1.13. The Bertz CT molecular complexity index is 740. The van der Waals surface area contributed by atoms with Crippen LogP contribution >= 0.6 is 11.6 Å². The number of nitrogens with one attached hydrogen (secondary N) is 2. The fourth-order valence-electron chi connectivity index (χ4n) is 1.73. The summed E-state index contributed by atoms with van der Waals surface area (Å²) in [6, 6.07) is 12.2. The number of benzene rings is 2. The van der Waals surface area contributed by atoms with E-state index < -0.39 is 23.7 Å². The van der Waals surface area contributed by atoms with Gasteiger partial charge in [0.1, 0.15) is 5.75 Å². The van der Waals surface area contributed by atoms with Gasteiger partial charge in [0.25, 0.3) is 11.8 Å². The van der Waals surface area contributed by atoms with Crippen LogP contribution in [0.5, 0.6) is 11.5 Å². The van der Waals surface area contributed by atoms with Crippen LogP contribution in [0.1, 0.15) is 6.92 Å². The zero-order valence-electron chi connectivity index (χ0n) is 13.3. The highest BCUT2D eigenvalue weighted by Crippen LogP contribution is 2.17. The second kappa shape index (κ2) is 8.89. The minimum Gasteiger partial charge on any atom is -0.484 e. The number of ether oxygens (including phenoxy) is 2. The van der Waals surface area contributed by atoms with E-state index >= 15 is 0 Å². The molecule has 1 atom stereocenters. The second-order valence-electron chi connectivity index (χ2n) is 4.97. The number of carbonyl (C=O) groups excluding carboxylic acids is 2. The highest BCUT2D eigenvalue weighted by Gasteiger charge is 2.17. The predicted octanol–water partition coefficient (Wildman–Crippen LogP) is 2.47. The molecule has 0 aliphatic rings. The van der Waals surface area contributed by atoms with Crippen LogP contribution in [0.4, 0.5) is 4.39 Å². The van der Waals surface area contributed by atoms with E-state index in [1.165, 1.54) is 25.1 Å². The molecule has 0 heterocycles. The van der Waals surface area contributed by atoms with Crippen LogP contribution in [-0.2, 0) is 9.59 Å². The van der Waals surface area contributed by atoms with Gasteiger partial charge in [-0.05, 0) is 43.3 Å². The molecule has 0 aliphatic carbocycles. The molecule has 0 saturated heterocycles. The van der Waals surface area contributed by atoms with Gasteiger partial charge in [-0.1, -0.05) is 23.7 Å². The molecule has 0 radical (unpaired) electrons. The van der Waals surface area contributed by atoms with Gasteiger partial charge >= 0.3 is 0 Å². The lowest BCUT2D eigenvalue weighted by Crippen LogP contribution is -2.48. The molecule has 2 N–H and O–H groups in total. The molecule has 8 heteroatoms. The van der Waals surface area contributed by atoms with E-state index in [0.29, 0.717) is 10.8 Å². The van der Waals surface area contributed by atoms with Crippen LogP contribution in [0.2, 0.25) is 5.02 Å². The molecule has 0 bridgehead atoms. The van der Waals surface area contributed by atoms with Crippen molar-refractivity contribution in [2.75, 3.05) is 6.61 Å². The Hall–Kier alpha value is -2.80. The van der Waals surface area contributed by atoms with Crippen LogP contribution in [0, 0.1) is 5.82 Å². The fraction of sp³-hybridized carbons (Fsp3) is 0.176. The van der Waals surface area contributed by atoms with Gasteiger partial charge in [-0.15, -0.1) is 0 Å². The molecule has 0 saturated carbocycles. The summed E-state index contributed by atoms with van der Waals surface area (Å²) in [7, 11) is 0. The molecule has 2 aromatic rings. The van der Waals surface area contributed by atoms with E-state index in [1.54, 1.807) is 30.3 Å². The van der Waals surface area contributed by atoms with E-state index in [9.17, 15) is 14.0 Å². The highest BCUT2D eigenvalue weighted by molar-refractivity contribution is 6.30. The minimum absolute atomic E-state index is 0.0532. The van der Waals surface area contributed by atoms with Gasteiger partial charge < -0.3 is 9.47 Å². The van der Waals surface area contributed by atoms with Gasteiger partial charge in [-0.2, -0.15) is 0 Å². The van der Waals surface area contributed by atoms with Crippen LogP contribution in [0.15, 0.2) is 48.5 Å². The van der Waals surface area contributed by atoms with Crippen molar-refractivity contribution in [1.29, 1.82) is 0 Å². The van der Waals surface area contributed by atoms with E-state index in [2.05, 4.69) is 10.9 Å². The molecular formula is C17H16ClFN2O4. The van der Waals surface area contributed by atoms with Crippen LogP contribution in [0.3, 0.4) is 0 Å². The monoisotopic (exact) mass is 366 g/mol. The minimum atomic E-state index is -1.01. The molecule has 0 unspecified atom stereocenters. The van der Waals surface area contributed by atoms with Crippen LogP contribution in [0.25, 0.3) is 0 Å². The number of hydrogen-bond donors (Lipinski definition) is 2. The molecule has 2 aromatic carbocycles. The molecule has 0 spiro atoms. The third-order valence-corrected chi connectivity index (χ3v) is 3.27. The summed E-state index contributed by atoms with van der Waals surface area (Å²) < 4.78 is 23.9. The zero-order valence-corrected chi connectivity index (χ0v) is 14.0. The Labute approximate surface area is 148 Å². The molecule has 132 valence electrons. The summed E-state index contributed by atoms with van der Waals surface area (Å²) in [5, 5.41) is 0.549. The average molecular weight is 367 g/mol. The van der Waals surface area contributed by atoms with Gasteiger partial charge in [-0.25, -0.2) is 4.39 Å². The number of hydrazine groups is 1. The highest BCUT2D eigenvalue weighted by atomic mass is 35.5. The largest absolute Gasteiger partial charge is 0.484 e. The summed E-state index contributed by atoms with van der Waals surface area (Å²) in [4.78, 5) is 23.5. The lowest BCUT2D eigenvalue weighted by Gasteiger charge is -2.15. The third-order valence-electron chi connectivity index (χ3n) is 3.02. The number of para-hydroxylation sites is 1. The van der Waals surface area contributed by atoms with E-state index in [-0.39, 0.29) is 12.4 Å². The van der Waals surface area contributed by atoms with E-state index in [4.69, 9.17) is 21.1 Å². The van der Waals surface area contributed by atoms with Crippen LogP contribution < -0.4 is 20.3 Å². The number of hydrogen-bond acceptors (Lipinski definition) is 4. The van der Waals surface area contributed by atoms with Crippen molar-refractivity contribution < 1.29 is 23.5 Å². The van der Waals surface area contributed by atoms with Crippen molar-refractivity contribution in [3.8, 4) is 11.5 Å². The zero-order chi connectivity index (χ0) is 18.2. The molecule has 25 heavy (non-hydrogen) atoms. The number of rotatable bonds is 6. The van der Waals surface area contributed by atoms with Gasteiger partial charge in [0.05, 0.1) is 0 Å². The quantitative estimate of drug-likeness (QED) is 0.770. The molecule has 2 amide bonds. The first-order chi connectivity index (χ1) is 12.0. The SMILES string of the molecule is C[C@@H](Oc1ccccc1F)C(=O)NNC(=O)COc1ccc(Cl)cc1. The molecule has 0 aliphatic heterocycles. The van der Waals surface area contributed by atoms with Crippen molar-refractivity contribution >= 4 is 23.4 Å². The molecule has 0 fully saturated rings. The summed E-state index contributed by atoms with van der Waals surface area (Å²) in [5.41, 5.74) is 4.36. The first kappa shape index (κ1) is 18.5. The van der Waals surface area contributed by atoms with Crippen molar-refractivity contribution in [2.24, 2.45) is 0 Å². The maximum Gasteiger partial charge on any atom is 0.279 e. The Morgan fingerprint density at radius 1 is 1.12 bits per heavy atom. The summed E-state index contributed by atoms with van der Waals surface area (Å²) >= 11 is 5.74. The smallest absolute Gasteiger partial charge is 0.279 e. The first-order valence-corrected chi connectivity index (χ1v) is 7.72. The lowest BCUT2D eigenvalue weighted by molar-refractivity contribution is -0.133. The van der Waals surface area contributed by atoms with E-state index in [0.717, 1.165) is 0 Å². The maximum absolute atomic E-state index is 13.5. The predicted molar refractivity (Wildman–Crippen MR) is 89.7 cm³/mol. The Kier molecular flexibility index (Phi) is 6.59. The van der Waals surface area contributed by atoms with Crippen molar-refractivity contribution in [2.45, 2.75) is 13.0 Å². The standard InChI is InChI=1S/C17H16ClFN2O4/c1-11(25-15-5-3-2-4-14(15)19)17(23)21-20-16(22)10-24-13-8-6-12(18)7-9-13/h2-9,11H,10H2,1H3,(H,20,22)(H,21,23)/t11-/m1/s1. The van der Waals surface area contributed by atoms with Crippen molar-refractivity contribution in [1.82, 2.24) is 10.9 Å². The normalized spacial score (nSPS) is 11.3. The summed E-state index contributed by atoms with van der Waals surface area (Å²) in [6.07, 6.45) is -1.01. The Balaban J connectivity index is 1.74. The first-order valence-electron chi connectivity index (χ1n) is 7.34. The molecule has 2 rings (SSSR count). The van der Waals surface area contributed by atoms with Gasteiger partial charge in [0.2, 0.25) is 0 Å². The average Bonchev–Trinajstić information content (AvgIpc) is 2.61. The van der Waals surface area contributed by atoms with Crippen molar-refractivity contribution in [3.63, 3.8) is 0 Å². The van der Waals surface area contributed by atoms with Gasteiger partial charge in [0.15, 0.2) is 24.3 Å². The van der Waals surface area contributed by atoms with Crippen molar-refractivity contribution in [3.05, 3.63) is 59.4 Å². The lowest BCUT2D eigenvalue weighted by atomic mass is 10.3. The fourth-order valence-corrected chi connectivity index (χ4v) is 1.86. The number of halogens is 2. The second-order valence-corrected chi connectivity index (χ2v) is 5.41. The van der Waals surface area contributed by atoms with Gasteiger partial charge in [0, 0.05) is 5.02 Å². The topological polar surface area (TPSA) is 76.7 Å². The van der Waals surface area contributed by atoms with E-state index in [1.807, 2.05) is 0 Å². The Morgan fingerprint density at radius 2 is 1.80 bits per heavy atom. The summed E-state index contributed by atoms with van der Waals surface area (Å²) in [5.74, 6) is -1.38. The molecule has 6 nitrogen and oxygen atoms in total. The molecule has 0 aromatic heterocycles. The molecular weight excluding hydrogens is 351 g/mol. The van der Waals surface area contributed by atoms with Gasteiger partial charge in [-0.3, -0.25) is 20.4 Å². The van der Waals surface area contributed by atoms with Crippen LogP contribution in [-0.4, -0.2) is 24.5 Å². The third kappa shape index (κ3) is 5.96. The number of amides is 2. The Morgan fingerprint density at radius 3 is 2.48 bits per heavy atom.